The second kappa shape index (κ2) is 7.79. The van der Waals surface area contributed by atoms with Crippen LogP contribution >= 0.6 is 0 Å². The molecule has 6 heteroatoms. The molecule has 2 rings (SSSR count). The van der Waals surface area contributed by atoms with Crippen LogP contribution in [0.15, 0.2) is 12.3 Å². The number of nitrogens with one attached hydrogen (secondary N) is 1. The van der Waals surface area contributed by atoms with E-state index in [1.165, 1.54) is 12.8 Å². The van der Waals surface area contributed by atoms with Crippen molar-refractivity contribution in [1.82, 2.24) is 15.3 Å². The molecule has 0 aliphatic carbocycles. The lowest BCUT2D eigenvalue weighted by Gasteiger charge is -2.20. The van der Waals surface area contributed by atoms with Gasteiger partial charge in [-0.05, 0) is 18.9 Å². The highest BCUT2D eigenvalue weighted by atomic mass is 16.5. The average Bonchev–Trinajstić information content (AvgIpc) is 2.76. The minimum atomic E-state index is -0.180. The second-order valence-corrected chi connectivity index (χ2v) is 4.89. The number of amides is 1. The van der Waals surface area contributed by atoms with Gasteiger partial charge >= 0.3 is 0 Å². The van der Waals surface area contributed by atoms with E-state index in [0.29, 0.717) is 24.8 Å². The molecule has 1 fully saturated rings. The van der Waals surface area contributed by atoms with Crippen LogP contribution < -0.4 is 10.2 Å². The van der Waals surface area contributed by atoms with Crippen LogP contribution in [-0.2, 0) is 4.74 Å². The summed E-state index contributed by atoms with van der Waals surface area (Å²) in [5, 5.41) is 2.77. The van der Waals surface area contributed by atoms with Crippen LogP contribution in [0.25, 0.3) is 0 Å². The maximum Gasteiger partial charge on any atom is 0.270 e. The molecule has 0 saturated carbocycles. The molecule has 1 amide bonds. The van der Waals surface area contributed by atoms with Crippen LogP contribution in [0.4, 0.5) is 5.95 Å². The Bertz CT molecular complexity index is 431. The van der Waals surface area contributed by atoms with Gasteiger partial charge in [-0.25, -0.2) is 9.97 Å². The van der Waals surface area contributed by atoms with Gasteiger partial charge in [0.05, 0.1) is 6.61 Å². The number of hydrogen-bond acceptors (Lipinski definition) is 5. The fourth-order valence-electron chi connectivity index (χ4n) is 2.26. The van der Waals surface area contributed by atoms with Crippen molar-refractivity contribution < 1.29 is 9.53 Å². The summed E-state index contributed by atoms with van der Waals surface area (Å²) in [5.74, 6) is 0.479. The van der Waals surface area contributed by atoms with Gasteiger partial charge in [0.1, 0.15) is 5.69 Å². The summed E-state index contributed by atoms with van der Waals surface area (Å²) in [6.07, 6.45) is 6.49. The summed E-state index contributed by atoms with van der Waals surface area (Å²) in [5.41, 5.74) is 0.412. The molecule has 110 valence electrons. The van der Waals surface area contributed by atoms with Gasteiger partial charge in [-0.2, -0.15) is 0 Å². The molecule has 1 aromatic heterocycles. The predicted molar refractivity (Wildman–Crippen MR) is 76.9 cm³/mol. The molecule has 0 aromatic carbocycles. The average molecular weight is 278 g/mol. The lowest BCUT2D eigenvalue weighted by atomic mass is 10.2. The molecule has 0 spiro atoms. The molecule has 0 unspecified atom stereocenters. The summed E-state index contributed by atoms with van der Waals surface area (Å²) in [4.78, 5) is 22.8. The first-order chi connectivity index (χ1) is 9.81. The van der Waals surface area contributed by atoms with E-state index < -0.39 is 0 Å². The summed E-state index contributed by atoms with van der Waals surface area (Å²) in [6, 6.07) is 1.64. The van der Waals surface area contributed by atoms with Gasteiger partial charge < -0.3 is 15.0 Å². The van der Waals surface area contributed by atoms with E-state index in [4.69, 9.17) is 4.74 Å². The number of nitrogens with zero attached hydrogens (tertiary/aromatic N) is 3. The van der Waals surface area contributed by atoms with Crippen molar-refractivity contribution in [2.24, 2.45) is 0 Å². The predicted octanol–water partition coefficient (Wildman–Crippen LogP) is 1.23. The third-order valence-electron chi connectivity index (χ3n) is 3.36. The van der Waals surface area contributed by atoms with Gasteiger partial charge in [0, 0.05) is 32.9 Å². The van der Waals surface area contributed by atoms with Crippen molar-refractivity contribution in [2.75, 3.05) is 38.3 Å². The molecule has 1 N–H and O–H groups in total. The summed E-state index contributed by atoms with van der Waals surface area (Å²) in [7, 11) is 1.61. The molecule has 1 saturated heterocycles. The number of hydrogen-bond donors (Lipinski definition) is 1. The van der Waals surface area contributed by atoms with Crippen molar-refractivity contribution in [3.8, 4) is 0 Å². The van der Waals surface area contributed by atoms with Crippen LogP contribution in [0, 0.1) is 0 Å². The van der Waals surface area contributed by atoms with E-state index >= 15 is 0 Å². The number of carbonyl (C=O) groups excluding carboxylic acids is 1. The molecular weight excluding hydrogens is 256 g/mol. The molecule has 2 heterocycles. The molecule has 6 nitrogen and oxygen atoms in total. The normalized spacial score (nSPS) is 15.8. The monoisotopic (exact) mass is 278 g/mol. The third kappa shape index (κ3) is 4.16. The maximum atomic E-state index is 11.9. The fraction of sp³-hybridized carbons (Fsp3) is 0.643. The van der Waals surface area contributed by atoms with Crippen LogP contribution in [0.5, 0.6) is 0 Å². The highest BCUT2D eigenvalue weighted by molar-refractivity contribution is 5.92. The van der Waals surface area contributed by atoms with Crippen LogP contribution in [0.1, 0.15) is 36.2 Å². The van der Waals surface area contributed by atoms with Gasteiger partial charge in [0.25, 0.3) is 5.91 Å². The highest BCUT2D eigenvalue weighted by Crippen LogP contribution is 2.15. The SMILES string of the molecule is COCCNC(=O)c1ccnc(N2CCCCCC2)n1. The summed E-state index contributed by atoms with van der Waals surface area (Å²) >= 11 is 0. The first-order valence-corrected chi connectivity index (χ1v) is 7.16. The lowest BCUT2D eigenvalue weighted by Crippen LogP contribution is -2.30. The molecule has 0 atom stereocenters. The molecule has 1 aliphatic rings. The van der Waals surface area contributed by atoms with E-state index in [1.807, 2.05) is 0 Å². The quantitative estimate of drug-likeness (QED) is 0.821. The molecular formula is C14H22N4O2. The maximum absolute atomic E-state index is 11.9. The minimum absolute atomic E-state index is 0.180. The van der Waals surface area contributed by atoms with Gasteiger partial charge in [-0.3, -0.25) is 4.79 Å². The Labute approximate surface area is 119 Å². The molecule has 1 aliphatic heterocycles. The van der Waals surface area contributed by atoms with Crippen molar-refractivity contribution in [3.63, 3.8) is 0 Å². The standard InChI is InChI=1S/C14H22N4O2/c1-20-11-8-15-13(19)12-6-7-16-14(17-12)18-9-4-2-3-5-10-18/h6-7H,2-5,8-11H2,1H3,(H,15,19). The molecule has 0 bridgehead atoms. The van der Waals surface area contributed by atoms with Gasteiger partial charge in [-0.15, -0.1) is 0 Å². The summed E-state index contributed by atoms with van der Waals surface area (Å²) in [6.45, 7) is 2.91. The van der Waals surface area contributed by atoms with Gasteiger partial charge in [0.15, 0.2) is 0 Å². The van der Waals surface area contributed by atoms with E-state index in [9.17, 15) is 4.79 Å². The molecule has 20 heavy (non-hydrogen) atoms. The van der Waals surface area contributed by atoms with E-state index in [2.05, 4.69) is 20.2 Å². The Morgan fingerprint density at radius 3 is 2.80 bits per heavy atom. The fourth-order valence-corrected chi connectivity index (χ4v) is 2.26. The number of anilines is 1. The van der Waals surface area contributed by atoms with Crippen molar-refractivity contribution in [3.05, 3.63) is 18.0 Å². The smallest absolute Gasteiger partial charge is 0.270 e. The Morgan fingerprint density at radius 2 is 2.10 bits per heavy atom. The van der Waals surface area contributed by atoms with Gasteiger partial charge in [0.2, 0.25) is 5.95 Å². The first-order valence-electron chi connectivity index (χ1n) is 7.16. The number of ether oxygens (including phenoxy) is 1. The van der Waals surface area contributed by atoms with E-state index in [1.54, 1.807) is 19.4 Å². The molecule has 1 aromatic rings. The number of aromatic nitrogens is 2. The van der Waals surface area contributed by atoms with Crippen LogP contribution in [-0.4, -0.2) is 49.2 Å². The van der Waals surface area contributed by atoms with Crippen LogP contribution in [0.2, 0.25) is 0 Å². The minimum Gasteiger partial charge on any atom is -0.383 e. The Morgan fingerprint density at radius 1 is 1.35 bits per heavy atom. The third-order valence-corrected chi connectivity index (χ3v) is 3.36. The number of methoxy groups -OCH3 is 1. The topological polar surface area (TPSA) is 67.3 Å². The summed E-state index contributed by atoms with van der Waals surface area (Å²) < 4.78 is 4.91. The van der Waals surface area contributed by atoms with E-state index in [0.717, 1.165) is 25.9 Å². The first kappa shape index (κ1) is 14.7. The largest absolute Gasteiger partial charge is 0.383 e. The molecule has 0 radical (unpaired) electrons. The van der Waals surface area contributed by atoms with Crippen molar-refractivity contribution >= 4 is 11.9 Å². The van der Waals surface area contributed by atoms with Crippen molar-refractivity contribution in [1.29, 1.82) is 0 Å². The zero-order valence-corrected chi connectivity index (χ0v) is 12.0. The van der Waals surface area contributed by atoms with Gasteiger partial charge in [-0.1, -0.05) is 12.8 Å². The highest BCUT2D eigenvalue weighted by Gasteiger charge is 2.14. The Hall–Kier alpha value is -1.69. The van der Waals surface area contributed by atoms with Crippen LogP contribution in [0.3, 0.4) is 0 Å². The zero-order chi connectivity index (χ0) is 14.2. The Kier molecular flexibility index (Phi) is 5.73. The lowest BCUT2D eigenvalue weighted by molar-refractivity contribution is 0.0932. The second-order valence-electron chi connectivity index (χ2n) is 4.89. The van der Waals surface area contributed by atoms with E-state index in [-0.39, 0.29) is 5.91 Å². The number of carbonyl (C=O) groups is 1. The zero-order valence-electron chi connectivity index (χ0n) is 12.0. The Balaban J connectivity index is 2.01. The number of rotatable bonds is 5. The van der Waals surface area contributed by atoms with Crippen molar-refractivity contribution in [2.45, 2.75) is 25.7 Å².